The van der Waals surface area contributed by atoms with E-state index in [-0.39, 0.29) is 5.82 Å². The van der Waals surface area contributed by atoms with Crippen LogP contribution in [-0.2, 0) is 0 Å². The molecule has 2 fully saturated rings. The average molecular weight is 290 g/mol. The molecule has 3 heteroatoms. The fourth-order valence-corrected chi connectivity index (χ4v) is 3.98. The molecule has 0 radical (unpaired) electrons. The second-order valence-corrected chi connectivity index (χ2v) is 6.90. The zero-order valence-corrected chi connectivity index (χ0v) is 13.0. The Morgan fingerprint density at radius 3 is 2.57 bits per heavy atom. The highest BCUT2D eigenvalue weighted by molar-refractivity contribution is 5.48. The quantitative estimate of drug-likeness (QED) is 0.906. The Morgan fingerprint density at radius 2 is 1.81 bits per heavy atom. The molecular formula is C18H27FN2. The van der Waals surface area contributed by atoms with Crippen LogP contribution in [0.4, 0.5) is 10.1 Å². The molecule has 0 bridgehead atoms. The highest BCUT2D eigenvalue weighted by Crippen LogP contribution is 2.27. The molecular weight excluding hydrogens is 263 g/mol. The predicted octanol–water partition coefficient (Wildman–Crippen LogP) is 3.96. The molecule has 1 saturated heterocycles. The van der Waals surface area contributed by atoms with Gasteiger partial charge in [-0.25, -0.2) is 4.39 Å². The first-order chi connectivity index (χ1) is 10.2. The molecule has 1 aromatic rings. The van der Waals surface area contributed by atoms with E-state index in [1.165, 1.54) is 38.5 Å². The lowest BCUT2D eigenvalue weighted by atomic mass is 9.91. The van der Waals surface area contributed by atoms with Crippen molar-refractivity contribution in [2.75, 3.05) is 18.0 Å². The van der Waals surface area contributed by atoms with Crippen LogP contribution in [0, 0.1) is 11.7 Å². The zero-order valence-electron chi connectivity index (χ0n) is 13.0. The topological polar surface area (TPSA) is 15.3 Å². The second kappa shape index (κ2) is 6.78. The van der Waals surface area contributed by atoms with Gasteiger partial charge in [0.15, 0.2) is 0 Å². The molecule has 0 aromatic heterocycles. The first-order valence-corrected chi connectivity index (χ1v) is 8.48. The highest BCUT2D eigenvalue weighted by Gasteiger charge is 2.28. The first kappa shape index (κ1) is 14.8. The van der Waals surface area contributed by atoms with E-state index in [9.17, 15) is 4.39 Å². The van der Waals surface area contributed by atoms with Gasteiger partial charge in [-0.2, -0.15) is 0 Å². The van der Waals surface area contributed by atoms with Crippen molar-refractivity contribution in [1.29, 1.82) is 0 Å². The average Bonchev–Trinajstić information content (AvgIpc) is 2.48. The van der Waals surface area contributed by atoms with E-state index in [2.05, 4.69) is 17.1 Å². The zero-order chi connectivity index (χ0) is 14.7. The molecule has 2 atom stereocenters. The summed E-state index contributed by atoms with van der Waals surface area (Å²) in [5.74, 6) is 0.516. The van der Waals surface area contributed by atoms with Crippen molar-refractivity contribution in [3.63, 3.8) is 0 Å². The van der Waals surface area contributed by atoms with Crippen LogP contribution in [0.1, 0.15) is 45.4 Å². The number of anilines is 1. The first-order valence-electron chi connectivity index (χ1n) is 8.48. The van der Waals surface area contributed by atoms with Crippen molar-refractivity contribution in [1.82, 2.24) is 5.32 Å². The molecule has 116 valence electrons. The lowest BCUT2D eigenvalue weighted by Crippen LogP contribution is -2.52. The maximum atomic E-state index is 14.0. The smallest absolute Gasteiger partial charge is 0.146 e. The molecule has 1 aliphatic carbocycles. The van der Waals surface area contributed by atoms with Crippen LogP contribution in [0.2, 0.25) is 0 Å². The number of rotatable bonds is 3. The van der Waals surface area contributed by atoms with Gasteiger partial charge in [0.1, 0.15) is 5.82 Å². The molecule has 2 nitrogen and oxygen atoms in total. The summed E-state index contributed by atoms with van der Waals surface area (Å²) in [6, 6.07) is 8.35. The van der Waals surface area contributed by atoms with Crippen LogP contribution in [0.15, 0.2) is 24.3 Å². The molecule has 3 rings (SSSR count). The van der Waals surface area contributed by atoms with Gasteiger partial charge in [-0.15, -0.1) is 0 Å². The van der Waals surface area contributed by atoms with E-state index in [1.54, 1.807) is 12.1 Å². The van der Waals surface area contributed by atoms with Gasteiger partial charge in [0, 0.05) is 25.2 Å². The summed E-state index contributed by atoms with van der Waals surface area (Å²) < 4.78 is 14.0. The number of halogens is 1. The minimum absolute atomic E-state index is 0.0944. The number of piperidine rings is 1. The molecule has 2 unspecified atom stereocenters. The standard InChI is InChI=1S/C18H27FN2/c1-14-11-16(20-15-7-3-2-4-8-15)13-21(12-14)18-10-6-5-9-17(18)19/h5-6,9-10,14-16,20H,2-4,7-8,11-13H2,1H3. The maximum absolute atomic E-state index is 14.0. The van der Waals surface area contributed by atoms with Crippen molar-refractivity contribution >= 4 is 5.69 Å². The summed E-state index contributed by atoms with van der Waals surface area (Å²) in [6.07, 6.45) is 7.94. The van der Waals surface area contributed by atoms with Crippen molar-refractivity contribution in [2.24, 2.45) is 5.92 Å². The Kier molecular flexibility index (Phi) is 4.79. The third-order valence-electron chi connectivity index (χ3n) is 4.93. The number of nitrogens with one attached hydrogen (secondary N) is 1. The van der Waals surface area contributed by atoms with Crippen molar-refractivity contribution < 1.29 is 4.39 Å². The third-order valence-corrected chi connectivity index (χ3v) is 4.93. The summed E-state index contributed by atoms with van der Waals surface area (Å²) in [6.45, 7) is 4.17. The van der Waals surface area contributed by atoms with Gasteiger partial charge in [-0.1, -0.05) is 38.3 Å². The maximum Gasteiger partial charge on any atom is 0.146 e. The van der Waals surface area contributed by atoms with Gasteiger partial charge in [-0.3, -0.25) is 0 Å². The SMILES string of the molecule is CC1CC(NC2CCCCC2)CN(c2ccccc2F)C1. The van der Waals surface area contributed by atoms with E-state index in [1.807, 2.05) is 12.1 Å². The van der Waals surface area contributed by atoms with E-state index >= 15 is 0 Å². The van der Waals surface area contributed by atoms with E-state index in [0.29, 0.717) is 18.0 Å². The van der Waals surface area contributed by atoms with Gasteiger partial charge in [0.05, 0.1) is 5.69 Å². The Bertz CT molecular complexity index is 456. The minimum Gasteiger partial charge on any atom is -0.367 e. The van der Waals surface area contributed by atoms with E-state index < -0.39 is 0 Å². The van der Waals surface area contributed by atoms with Gasteiger partial charge >= 0.3 is 0 Å². The fraction of sp³-hybridized carbons (Fsp3) is 0.667. The minimum atomic E-state index is -0.0944. The summed E-state index contributed by atoms with van der Waals surface area (Å²) >= 11 is 0. The Morgan fingerprint density at radius 1 is 1.05 bits per heavy atom. The number of nitrogens with zero attached hydrogens (tertiary/aromatic N) is 1. The predicted molar refractivity (Wildman–Crippen MR) is 86.2 cm³/mol. The molecule has 1 saturated carbocycles. The van der Waals surface area contributed by atoms with Crippen LogP contribution in [0.25, 0.3) is 0 Å². The molecule has 1 N–H and O–H groups in total. The molecule has 1 aromatic carbocycles. The fourth-order valence-electron chi connectivity index (χ4n) is 3.98. The number of para-hydroxylation sites is 1. The monoisotopic (exact) mass is 290 g/mol. The normalized spacial score (nSPS) is 27.8. The molecule has 0 spiro atoms. The molecule has 2 aliphatic rings. The second-order valence-electron chi connectivity index (χ2n) is 6.90. The van der Waals surface area contributed by atoms with Crippen molar-refractivity contribution in [3.05, 3.63) is 30.1 Å². The summed E-state index contributed by atoms with van der Waals surface area (Å²) in [5.41, 5.74) is 0.763. The Labute approximate surface area is 127 Å². The van der Waals surface area contributed by atoms with E-state index in [0.717, 1.165) is 18.8 Å². The van der Waals surface area contributed by atoms with Crippen molar-refractivity contribution in [2.45, 2.75) is 57.5 Å². The van der Waals surface area contributed by atoms with Crippen LogP contribution in [0.3, 0.4) is 0 Å². The largest absolute Gasteiger partial charge is 0.367 e. The summed E-state index contributed by atoms with van der Waals surface area (Å²) in [5, 5.41) is 3.84. The number of benzene rings is 1. The lowest BCUT2D eigenvalue weighted by molar-refractivity contribution is 0.284. The van der Waals surface area contributed by atoms with Gasteiger partial charge < -0.3 is 10.2 Å². The molecule has 1 heterocycles. The molecule has 1 aliphatic heterocycles. The Balaban J connectivity index is 1.65. The van der Waals surface area contributed by atoms with Gasteiger partial charge in [0.2, 0.25) is 0 Å². The van der Waals surface area contributed by atoms with E-state index in [4.69, 9.17) is 0 Å². The highest BCUT2D eigenvalue weighted by atomic mass is 19.1. The van der Waals surface area contributed by atoms with Gasteiger partial charge in [-0.05, 0) is 37.3 Å². The third kappa shape index (κ3) is 3.76. The van der Waals surface area contributed by atoms with Crippen LogP contribution < -0.4 is 10.2 Å². The summed E-state index contributed by atoms with van der Waals surface area (Å²) in [4.78, 5) is 2.23. The summed E-state index contributed by atoms with van der Waals surface area (Å²) in [7, 11) is 0. The van der Waals surface area contributed by atoms with Crippen LogP contribution in [0.5, 0.6) is 0 Å². The van der Waals surface area contributed by atoms with Crippen molar-refractivity contribution in [3.8, 4) is 0 Å². The number of hydrogen-bond acceptors (Lipinski definition) is 2. The van der Waals surface area contributed by atoms with Crippen LogP contribution >= 0.6 is 0 Å². The van der Waals surface area contributed by atoms with Gasteiger partial charge in [0.25, 0.3) is 0 Å². The molecule has 0 amide bonds. The lowest BCUT2D eigenvalue weighted by Gasteiger charge is -2.40. The van der Waals surface area contributed by atoms with Crippen LogP contribution in [-0.4, -0.2) is 25.2 Å². The number of hydrogen-bond donors (Lipinski definition) is 1. The Hall–Kier alpha value is -1.09. The molecule has 21 heavy (non-hydrogen) atoms.